The summed E-state index contributed by atoms with van der Waals surface area (Å²) < 4.78 is 0. The van der Waals surface area contributed by atoms with Gasteiger partial charge in [-0.1, -0.05) is 34.5 Å². The van der Waals surface area contributed by atoms with Crippen molar-refractivity contribution in [3.05, 3.63) is 29.3 Å². The molecule has 0 radical (unpaired) electrons. The van der Waals surface area contributed by atoms with Crippen LogP contribution in [0, 0.1) is 0 Å². The van der Waals surface area contributed by atoms with E-state index in [9.17, 15) is 4.79 Å². The largest absolute Gasteiger partial charge is 0.314 e. The fraction of sp³-hybridized carbons (Fsp3) is 0.562. The Bertz CT molecular complexity index is 513. The topological polar surface area (TPSA) is 20.3 Å². The van der Waals surface area contributed by atoms with Crippen molar-refractivity contribution < 1.29 is 4.79 Å². The monoisotopic (exact) mass is 321 g/mol. The smallest absolute Gasteiger partial charge is 0.237 e. The average Bonchev–Trinajstić information content (AvgIpc) is 2.65. The van der Waals surface area contributed by atoms with Gasteiger partial charge in [-0.15, -0.1) is 0 Å². The van der Waals surface area contributed by atoms with E-state index in [4.69, 9.17) is 0 Å². The van der Waals surface area contributed by atoms with Crippen molar-refractivity contribution in [2.45, 2.75) is 43.9 Å². The zero-order chi connectivity index (χ0) is 13.5. The molecule has 0 spiro atoms. The minimum atomic E-state index is -0.207. The first kappa shape index (κ1) is 13.2. The highest BCUT2D eigenvalue weighted by molar-refractivity contribution is 9.09. The predicted octanol–water partition coefficient (Wildman–Crippen LogP) is 3.80. The summed E-state index contributed by atoms with van der Waals surface area (Å²) in [7, 11) is 1.93. The van der Waals surface area contributed by atoms with Crippen molar-refractivity contribution in [3.63, 3.8) is 0 Å². The Morgan fingerprint density at radius 3 is 3.00 bits per heavy atom. The second-order valence-electron chi connectivity index (χ2n) is 5.76. The summed E-state index contributed by atoms with van der Waals surface area (Å²) in [5.74, 6) is 0.323. The lowest BCUT2D eigenvalue weighted by Crippen LogP contribution is -2.40. The van der Waals surface area contributed by atoms with E-state index in [-0.39, 0.29) is 5.41 Å². The molecule has 0 N–H and O–H groups in total. The van der Waals surface area contributed by atoms with E-state index in [2.05, 4.69) is 34.1 Å². The van der Waals surface area contributed by atoms with Crippen LogP contribution >= 0.6 is 15.9 Å². The first-order valence-corrected chi connectivity index (χ1v) is 8.29. The number of aryl methyl sites for hydroxylation is 1. The van der Waals surface area contributed by atoms with Crippen LogP contribution in [0.5, 0.6) is 0 Å². The third-order valence-corrected chi connectivity index (χ3v) is 5.28. The molecule has 0 aromatic heterocycles. The Morgan fingerprint density at radius 1 is 1.37 bits per heavy atom. The highest BCUT2D eigenvalue weighted by atomic mass is 79.9. The molecule has 0 saturated carbocycles. The van der Waals surface area contributed by atoms with Gasteiger partial charge in [-0.3, -0.25) is 4.79 Å². The van der Waals surface area contributed by atoms with Gasteiger partial charge in [0.15, 0.2) is 0 Å². The van der Waals surface area contributed by atoms with Gasteiger partial charge in [0.25, 0.3) is 0 Å². The standard InChI is InChI=1S/C16H20BrNO/c1-18-13-8-4-6-12-7-5-10-16(14(12)13,15(18)19)9-2-3-11-17/h4,6,8H,2-3,5,7,9-11H2,1H3/t16-/m0/s1. The third kappa shape index (κ3) is 1.85. The van der Waals surface area contributed by atoms with Gasteiger partial charge in [0, 0.05) is 18.1 Å². The van der Waals surface area contributed by atoms with Gasteiger partial charge in [-0.25, -0.2) is 0 Å². The molecular formula is C16H20BrNO. The van der Waals surface area contributed by atoms with Crippen molar-refractivity contribution in [2.75, 3.05) is 17.3 Å². The molecule has 0 bridgehead atoms. The number of carbonyl (C=O) groups excluding carboxylic acids is 1. The number of alkyl halides is 1. The minimum absolute atomic E-state index is 0.207. The summed E-state index contributed by atoms with van der Waals surface area (Å²) in [6.07, 6.45) is 6.58. The summed E-state index contributed by atoms with van der Waals surface area (Å²) in [6, 6.07) is 6.41. The van der Waals surface area contributed by atoms with Gasteiger partial charge >= 0.3 is 0 Å². The second-order valence-corrected chi connectivity index (χ2v) is 6.55. The maximum Gasteiger partial charge on any atom is 0.237 e. The molecule has 0 unspecified atom stereocenters. The number of benzene rings is 1. The van der Waals surface area contributed by atoms with E-state index in [1.54, 1.807) is 0 Å². The van der Waals surface area contributed by atoms with E-state index in [1.165, 1.54) is 11.1 Å². The van der Waals surface area contributed by atoms with Crippen molar-refractivity contribution in [3.8, 4) is 0 Å². The molecule has 0 saturated heterocycles. The zero-order valence-corrected chi connectivity index (χ0v) is 13.0. The van der Waals surface area contributed by atoms with Crippen LogP contribution in [0.2, 0.25) is 0 Å². The molecule has 2 nitrogen and oxygen atoms in total. The highest BCUT2D eigenvalue weighted by Crippen LogP contribution is 2.51. The van der Waals surface area contributed by atoms with E-state index in [0.717, 1.165) is 49.5 Å². The molecule has 1 aromatic rings. The Morgan fingerprint density at radius 2 is 2.21 bits per heavy atom. The lowest BCUT2D eigenvalue weighted by atomic mass is 9.68. The SMILES string of the molecule is CN1C(=O)[C@@]2(CCCCBr)CCCc3cccc1c32. The van der Waals surface area contributed by atoms with E-state index in [1.807, 2.05) is 11.9 Å². The third-order valence-electron chi connectivity index (χ3n) is 4.72. The van der Waals surface area contributed by atoms with E-state index < -0.39 is 0 Å². The normalized spacial score (nSPS) is 24.7. The lowest BCUT2D eigenvalue weighted by Gasteiger charge is -2.33. The first-order valence-electron chi connectivity index (χ1n) is 7.17. The summed E-state index contributed by atoms with van der Waals surface area (Å²) in [5, 5.41) is 1.03. The molecule has 3 heteroatoms. The fourth-order valence-corrected chi connectivity index (χ4v) is 4.25. The summed E-state index contributed by atoms with van der Waals surface area (Å²) in [5.41, 5.74) is 3.70. The van der Waals surface area contributed by atoms with Gasteiger partial charge in [-0.05, 0) is 49.3 Å². The molecular weight excluding hydrogens is 302 g/mol. The Hall–Kier alpha value is -0.830. The average molecular weight is 322 g/mol. The van der Waals surface area contributed by atoms with Crippen LogP contribution in [0.1, 0.15) is 43.2 Å². The number of rotatable bonds is 4. The number of amides is 1. The lowest BCUT2D eigenvalue weighted by molar-refractivity contribution is -0.123. The maximum atomic E-state index is 12.8. The molecule has 1 amide bonds. The van der Waals surface area contributed by atoms with Gasteiger partial charge in [0.05, 0.1) is 5.41 Å². The van der Waals surface area contributed by atoms with Crippen LogP contribution in [0.4, 0.5) is 5.69 Å². The number of anilines is 1. The Balaban J connectivity index is 2.05. The van der Waals surface area contributed by atoms with Crippen molar-refractivity contribution in [1.29, 1.82) is 0 Å². The van der Waals surface area contributed by atoms with Crippen molar-refractivity contribution >= 4 is 27.5 Å². The van der Waals surface area contributed by atoms with Crippen molar-refractivity contribution in [1.82, 2.24) is 0 Å². The number of hydrogen-bond donors (Lipinski definition) is 0. The number of hydrogen-bond acceptors (Lipinski definition) is 1. The molecule has 1 aliphatic heterocycles. The summed E-state index contributed by atoms with van der Waals surface area (Å²) >= 11 is 3.49. The molecule has 1 aliphatic carbocycles. The van der Waals surface area contributed by atoms with E-state index >= 15 is 0 Å². The maximum absolute atomic E-state index is 12.8. The number of nitrogens with zero attached hydrogens (tertiary/aromatic N) is 1. The zero-order valence-electron chi connectivity index (χ0n) is 11.4. The van der Waals surface area contributed by atoms with Crippen LogP contribution in [-0.2, 0) is 16.6 Å². The molecule has 1 heterocycles. The molecule has 0 fully saturated rings. The van der Waals surface area contributed by atoms with Crippen LogP contribution in [-0.4, -0.2) is 18.3 Å². The molecule has 1 atom stereocenters. The van der Waals surface area contributed by atoms with Gasteiger partial charge in [0.1, 0.15) is 0 Å². The number of halogens is 1. The Kier molecular flexibility index (Phi) is 3.42. The molecule has 102 valence electrons. The van der Waals surface area contributed by atoms with E-state index in [0.29, 0.717) is 5.91 Å². The van der Waals surface area contributed by atoms with Gasteiger partial charge in [0.2, 0.25) is 5.91 Å². The molecule has 1 aromatic carbocycles. The van der Waals surface area contributed by atoms with Crippen LogP contribution in [0.25, 0.3) is 0 Å². The van der Waals surface area contributed by atoms with Crippen LogP contribution in [0.3, 0.4) is 0 Å². The second kappa shape index (κ2) is 4.93. The van der Waals surface area contributed by atoms with Gasteiger partial charge < -0.3 is 4.90 Å². The quantitative estimate of drug-likeness (QED) is 0.610. The Labute approximate surface area is 123 Å². The predicted molar refractivity (Wildman–Crippen MR) is 82.1 cm³/mol. The molecule has 19 heavy (non-hydrogen) atoms. The van der Waals surface area contributed by atoms with Gasteiger partial charge in [-0.2, -0.15) is 0 Å². The first-order chi connectivity index (χ1) is 9.20. The summed E-state index contributed by atoms with van der Waals surface area (Å²) in [6.45, 7) is 0. The fourth-order valence-electron chi connectivity index (χ4n) is 3.86. The van der Waals surface area contributed by atoms with Crippen molar-refractivity contribution in [2.24, 2.45) is 0 Å². The molecule has 3 rings (SSSR count). The van der Waals surface area contributed by atoms with Crippen LogP contribution < -0.4 is 4.90 Å². The number of likely N-dealkylation sites (N-methyl/N-ethyl adjacent to an activating group) is 1. The number of unbranched alkanes of at least 4 members (excludes halogenated alkanes) is 1. The molecule has 2 aliphatic rings. The minimum Gasteiger partial charge on any atom is -0.314 e. The number of carbonyl (C=O) groups is 1. The summed E-state index contributed by atoms with van der Waals surface area (Å²) in [4.78, 5) is 14.7. The highest BCUT2D eigenvalue weighted by Gasteiger charge is 2.51. The van der Waals surface area contributed by atoms with Crippen LogP contribution in [0.15, 0.2) is 18.2 Å².